The zero-order chi connectivity index (χ0) is 16.8. The Labute approximate surface area is 142 Å². The van der Waals surface area contributed by atoms with Gasteiger partial charge < -0.3 is 4.74 Å². The summed E-state index contributed by atoms with van der Waals surface area (Å²) in [6, 6.07) is 25.2. The molecule has 0 N–H and O–H groups in total. The monoisotopic (exact) mass is 309 g/mol. The molecular weight excluding hydrogens is 294 g/mol. The van der Waals surface area contributed by atoms with E-state index in [9.17, 15) is 0 Å². The second-order valence-electron chi connectivity index (χ2n) is 5.29. The quantitative estimate of drug-likeness (QED) is 0.649. The van der Waals surface area contributed by atoms with E-state index in [1.165, 1.54) is 0 Å². The molecular formula is C22H15NO. The number of rotatable bonds is 4. The Hall–Kier alpha value is -3.49. The Balaban J connectivity index is 2.01. The van der Waals surface area contributed by atoms with Crippen molar-refractivity contribution in [1.29, 1.82) is 5.26 Å². The average Bonchev–Trinajstić information content (AvgIpc) is 2.67. The molecule has 24 heavy (non-hydrogen) atoms. The van der Waals surface area contributed by atoms with Crippen molar-refractivity contribution in [2.75, 3.05) is 0 Å². The van der Waals surface area contributed by atoms with E-state index >= 15 is 0 Å². The Kier molecular flexibility index (Phi) is 4.61. The third-order valence-electron chi connectivity index (χ3n) is 3.70. The maximum Gasteiger partial charge on any atom is 0.143 e. The number of ether oxygens (including phenoxy) is 1. The van der Waals surface area contributed by atoms with Crippen LogP contribution in [0, 0.1) is 23.7 Å². The molecule has 0 heterocycles. The zero-order valence-corrected chi connectivity index (χ0v) is 13.1. The summed E-state index contributed by atoms with van der Waals surface area (Å²) >= 11 is 0. The van der Waals surface area contributed by atoms with Gasteiger partial charge in [0.25, 0.3) is 0 Å². The van der Waals surface area contributed by atoms with E-state index in [1.54, 1.807) is 6.07 Å². The molecule has 0 unspecified atom stereocenters. The molecule has 0 bridgehead atoms. The van der Waals surface area contributed by atoms with Gasteiger partial charge in [0.1, 0.15) is 12.4 Å². The van der Waals surface area contributed by atoms with Crippen molar-refractivity contribution in [3.05, 3.63) is 89.5 Å². The van der Waals surface area contributed by atoms with Gasteiger partial charge >= 0.3 is 0 Å². The van der Waals surface area contributed by atoms with Crippen molar-refractivity contribution in [1.82, 2.24) is 0 Å². The molecule has 3 aromatic carbocycles. The summed E-state index contributed by atoms with van der Waals surface area (Å²) in [6.07, 6.45) is 5.64. The lowest BCUT2D eigenvalue weighted by molar-refractivity contribution is 0.306. The van der Waals surface area contributed by atoms with Crippen LogP contribution in [0.3, 0.4) is 0 Å². The summed E-state index contributed by atoms with van der Waals surface area (Å²) in [6.45, 7) is 0.435. The first kappa shape index (κ1) is 15.4. The molecule has 0 spiro atoms. The predicted molar refractivity (Wildman–Crippen MR) is 95.3 cm³/mol. The lowest BCUT2D eigenvalue weighted by Gasteiger charge is -2.14. The molecule has 0 atom stereocenters. The van der Waals surface area contributed by atoms with Crippen molar-refractivity contribution in [2.24, 2.45) is 0 Å². The van der Waals surface area contributed by atoms with Gasteiger partial charge in [0.15, 0.2) is 0 Å². The third kappa shape index (κ3) is 3.29. The first-order valence-electron chi connectivity index (χ1n) is 7.58. The van der Waals surface area contributed by atoms with Crippen LogP contribution in [-0.4, -0.2) is 0 Å². The molecule has 0 saturated heterocycles. The van der Waals surface area contributed by atoms with Gasteiger partial charge in [-0.05, 0) is 29.3 Å². The van der Waals surface area contributed by atoms with Crippen LogP contribution in [-0.2, 0) is 6.61 Å². The fourth-order valence-corrected chi connectivity index (χ4v) is 2.52. The number of terminal acetylenes is 1. The number of benzene rings is 3. The summed E-state index contributed by atoms with van der Waals surface area (Å²) in [5.41, 5.74) is 4.17. The normalized spacial score (nSPS) is 9.75. The summed E-state index contributed by atoms with van der Waals surface area (Å²) in [5, 5.41) is 9.12. The summed E-state index contributed by atoms with van der Waals surface area (Å²) in [7, 11) is 0. The first-order chi connectivity index (χ1) is 11.8. The highest BCUT2D eigenvalue weighted by Crippen LogP contribution is 2.34. The molecule has 2 heteroatoms. The fourth-order valence-electron chi connectivity index (χ4n) is 2.52. The molecule has 0 aliphatic rings. The highest BCUT2D eigenvalue weighted by atomic mass is 16.5. The maximum absolute atomic E-state index is 9.12. The van der Waals surface area contributed by atoms with Crippen LogP contribution in [0.15, 0.2) is 72.8 Å². The molecule has 2 nitrogen and oxygen atoms in total. The van der Waals surface area contributed by atoms with Crippen molar-refractivity contribution in [3.8, 4) is 35.3 Å². The summed E-state index contributed by atoms with van der Waals surface area (Å²) in [5.74, 6) is 3.35. The standard InChI is InChI=1S/C22H15NO/c1-2-19-11-7-13-21(20-12-6-10-18(14-20)15-23)22(19)24-16-17-8-4-3-5-9-17/h1,3-14H,16H2. The molecule has 0 saturated carbocycles. The van der Waals surface area contributed by atoms with Crippen LogP contribution in [0.1, 0.15) is 16.7 Å². The van der Waals surface area contributed by atoms with E-state index in [0.717, 1.165) is 16.7 Å². The van der Waals surface area contributed by atoms with Crippen molar-refractivity contribution >= 4 is 0 Å². The van der Waals surface area contributed by atoms with Crippen molar-refractivity contribution in [2.45, 2.75) is 6.61 Å². The molecule has 0 aromatic heterocycles. The Morgan fingerprint density at radius 1 is 0.917 bits per heavy atom. The van der Waals surface area contributed by atoms with Gasteiger partial charge in [0.2, 0.25) is 0 Å². The lowest BCUT2D eigenvalue weighted by atomic mass is 10.00. The van der Waals surface area contributed by atoms with Gasteiger partial charge in [-0.15, -0.1) is 6.42 Å². The molecule has 3 rings (SSSR count). The lowest BCUT2D eigenvalue weighted by Crippen LogP contribution is -1.99. The Bertz CT molecular complexity index is 930. The SMILES string of the molecule is C#Cc1cccc(-c2cccc(C#N)c2)c1OCc1ccccc1. The molecule has 114 valence electrons. The minimum absolute atomic E-state index is 0.435. The molecule has 0 aliphatic heterocycles. The smallest absolute Gasteiger partial charge is 0.143 e. The minimum atomic E-state index is 0.435. The van der Waals surface area contributed by atoms with Crippen LogP contribution in [0.2, 0.25) is 0 Å². The number of nitrogens with zero attached hydrogens (tertiary/aromatic N) is 1. The second kappa shape index (κ2) is 7.18. The van der Waals surface area contributed by atoms with Crippen molar-refractivity contribution < 1.29 is 4.74 Å². The minimum Gasteiger partial charge on any atom is -0.487 e. The maximum atomic E-state index is 9.12. The van der Waals surface area contributed by atoms with Gasteiger partial charge in [-0.3, -0.25) is 0 Å². The third-order valence-corrected chi connectivity index (χ3v) is 3.70. The second-order valence-corrected chi connectivity index (χ2v) is 5.29. The predicted octanol–water partition coefficient (Wildman–Crippen LogP) is 4.79. The number of hydrogen-bond acceptors (Lipinski definition) is 2. The van der Waals surface area contributed by atoms with Crippen molar-refractivity contribution in [3.63, 3.8) is 0 Å². The Morgan fingerprint density at radius 2 is 1.71 bits per heavy atom. The van der Waals surface area contributed by atoms with Gasteiger partial charge in [-0.25, -0.2) is 0 Å². The van der Waals surface area contributed by atoms with Crippen LogP contribution >= 0.6 is 0 Å². The number of nitriles is 1. The number of hydrogen-bond donors (Lipinski definition) is 0. The molecule has 0 radical (unpaired) electrons. The van der Waals surface area contributed by atoms with Gasteiger partial charge in [-0.1, -0.05) is 60.5 Å². The highest BCUT2D eigenvalue weighted by Gasteiger charge is 2.11. The van der Waals surface area contributed by atoms with E-state index < -0.39 is 0 Å². The molecule has 3 aromatic rings. The van der Waals surface area contributed by atoms with Crippen LogP contribution in [0.4, 0.5) is 0 Å². The molecule has 0 aliphatic carbocycles. The number of para-hydroxylation sites is 1. The van der Waals surface area contributed by atoms with E-state index in [-0.39, 0.29) is 0 Å². The zero-order valence-electron chi connectivity index (χ0n) is 13.1. The van der Waals surface area contributed by atoms with Crippen LogP contribution in [0.25, 0.3) is 11.1 Å². The largest absolute Gasteiger partial charge is 0.487 e. The summed E-state index contributed by atoms with van der Waals surface area (Å²) < 4.78 is 6.05. The Morgan fingerprint density at radius 3 is 2.46 bits per heavy atom. The topological polar surface area (TPSA) is 33.0 Å². The average molecular weight is 309 g/mol. The fraction of sp³-hybridized carbons (Fsp3) is 0.0455. The van der Waals surface area contributed by atoms with Gasteiger partial charge in [0, 0.05) is 5.56 Å². The van der Waals surface area contributed by atoms with Crippen LogP contribution < -0.4 is 4.74 Å². The van der Waals surface area contributed by atoms with E-state index in [0.29, 0.717) is 23.5 Å². The highest BCUT2D eigenvalue weighted by molar-refractivity contribution is 5.75. The molecule has 0 amide bonds. The molecule has 0 fully saturated rings. The van der Waals surface area contributed by atoms with E-state index in [1.807, 2.05) is 66.7 Å². The van der Waals surface area contributed by atoms with E-state index in [4.69, 9.17) is 16.4 Å². The van der Waals surface area contributed by atoms with Gasteiger partial charge in [0.05, 0.1) is 17.2 Å². The van der Waals surface area contributed by atoms with Crippen LogP contribution in [0.5, 0.6) is 5.75 Å². The first-order valence-corrected chi connectivity index (χ1v) is 7.58. The van der Waals surface area contributed by atoms with Gasteiger partial charge in [-0.2, -0.15) is 5.26 Å². The summed E-state index contributed by atoms with van der Waals surface area (Å²) in [4.78, 5) is 0. The van der Waals surface area contributed by atoms with E-state index in [2.05, 4.69) is 12.0 Å².